The van der Waals surface area contributed by atoms with Gasteiger partial charge in [0.05, 0.1) is 22.1 Å². The van der Waals surface area contributed by atoms with Gasteiger partial charge in [-0.2, -0.15) is 0 Å². The van der Waals surface area contributed by atoms with Crippen molar-refractivity contribution in [1.29, 1.82) is 0 Å². The summed E-state index contributed by atoms with van der Waals surface area (Å²) in [5.74, 6) is 1.25. The Labute approximate surface area is 110 Å². The molecule has 0 spiro atoms. The molecule has 0 fully saturated rings. The normalized spacial score (nSPS) is 10.2. The summed E-state index contributed by atoms with van der Waals surface area (Å²) in [6.45, 7) is 0. The molecular weight excluding hydrogens is 314 g/mol. The Morgan fingerprint density at radius 3 is 2.81 bits per heavy atom. The zero-order valence-electron chi connectivity index (χ0n) is 8.24. The monoisotopic (exact) mass is 319 g/mol. The molecule has 0 radical (unpaired) electrons. The van der Waals surface area contributed by atoms with Gasteiger partial charge in [-0.3, -0.25) is 0 Å². The molecule has 1 aromatic heterocycles. The van der Waals surface area contributed by atoms with Crippen LogP contribution in [-0.4, -0.2) is 12.1 Å². The minimum Gasteiger partial charge on any atom is -0.497 e. The fourth-order valence-corrected chi connectivity index (χ4v) is 2.31. The SMILES string of the molecule is COc1ccc(Oc2ncc(Br)s2)c(Cl)c1. The summed E-state index contributed by atoms with van der Waals surface area (Å²) >= 11 is 10.7. The molecule has 1 aromatic carbocycles. The molecule has 6 heteroatoms. The van der Waals surface area contributed by atoms with Crippen LogP contribution in [0.2, 0.25) is 5.02 Å². The fourth-order valence-electron chi connectivity index (χ4n) is 1.07. The Morgan fingerprint density at radius 1 is 1.44 bits per heavy atom. The van der Waals surface area contributed by atoms with Crippen molar-refractivity contribution < 1.29 is 9.47 Å². The van der Waals surface area contributed by atoms with Gasteiger partial charge in [0.1, 0.15) is 11.5 Å². The second-order valence-corrected chi connectivity index (χ2v) is 5.61. The van der Waals surface area contributed by atoms with E-state index in [4.69, 9.17) is 21.1 Å². The van der Waals surface area contributed by atoms with E-state index >= 15 is 0 Å². The molecule has 0 bridgehead atoms. The molecule has 0 unspecified atom stereocenters. The molecule has 0 atom stereocenters. The number of rotatable bonds is 3. The van der Waals surface area contributed by atoms with Crippen molar-refractivity contribution in [2.24, 2.45) is 0 Å². The number of thiazole rings is 1. The minimum atomic E-state index is 0.491. The van der Waals surface area contributed by atoms with Gasteiger partial charge in [0.2, 0.25) is 0 Å². The lowest BCUT2D eigenvalue weighted by atomic mass is 10.3. The number of hydrogen-bond donors (Lipinski definition) is 0. The number of methoxy groups -OCH3 is 1. The maximum atomic E-state index is 6.02. The van der Waals surface area contributed by atoms with E-state index in [1.54, 1.807) is 31.5 Å². The van der Waals surface area contributed by atoms with Gasteiger partial charge in [-0.15, -0.1) is 0 Å². The molecule has 0 N–H and O–H groups in total. The van der Waals surface area contributed by atoms with Crippen LogP contribution in [0.25, 0.3) is 0 Å². The molecule has 0 aliphatic rings. The van der Waals surface area contributed by atoms with E-state index in [1.807, 2.05) is 0 Å². The highest BCUT2D eigenvalue weighted by Gasteiger charge is 2.07. The third kappa shape index (κ3) is 2.66. The summed E-state index contributed by atoms with van der Waals surface area (Å²) in [4.78, 5) is 4.05. The fraction of sp³-hybridized carbons (Fsp3) is 0.100. The van der Waals surface area contributed by atoms with Crippen molar-refractivity contribution in [3.05, 3.63) is 33.2 Å². The summed E-state index contributed by atoms with van der Waals surface area (Å²) in [7, 11) is 1.59. The Kier molecular flexibility index (Phi) is 3.68. The van der Waals surface area contributed by atoms with E-state index in [0.29, 0.717) is 21.7 Å². The number of hydrogen-bond acceptors (Lipinski definition) is 4. The highest BCUT2D eigenvalue weighted by Crippen LogP contribution is 2.35. The standard InChI is InChI=1S/C10H7BrClNO2S/c1-14-6-2-3-8(7(12)4-6)15-10-13-5-9(11)16-10/h2-5H,1H3. The van der Waals surface area contributed by atoms with E-state index in [1.165, 1.54) is 11.3 Å². The molecule has 0 aliphatic heterocycles. The lowest BCUT2D eigenvalue weighted by Gasteiger charge is -2.05. The van der Waals surface area contributed by atoms with Gasteiger partial charge in [-0.1, -0.05) is 22.9 Å². The third-order valence-electron chi connectivity index (χ3n) is 1.79. The first-order chi connectivity index (χ1) is 7.69. The summed E-state index contributed by atoms with van der Waals surface area (Å²) in [6, 6.07) is 5.22. The van der Waals surface area contributed by atoms with Crippen molar-refractivity contribution in [3.63, 3.8) is 0 Å². The van der Waals surface area contributed by atoms with Crippen LogP contribution in [0.3, 0.4) is 0 Å². The molecule has 2 rings (SSSR count). The van der Waals surface area contributed by atoms with Gasteiger partial charge in [0, 0.05) is 6.07 Å². The zero-order valence-corrected chi connectivity index (χ0v) is 11.4. The van der Waals surface area contributed by atoms with Crippen LogP contribution in [0.4, 0.5) is 0 Å². The number of nitrogens with zero attached hydrogens (tertiary/aromatic N) is 1. The van der Waals surface area contributed by atoms with E-state index in [9.17, 15) is 0 Å². The van der Waals surface area contributed by atoms with Gasteiger partial charge in [-0.25, -0.2) is 4.98 Å². The zero-order chi connectivity index (χ0) is 11.5. The van der Waals surface area contributed by atoms with E-state index in [2.05, 4.69) is 20.9 Å². The molecule has 0 aliphatic carbocycles. The van der Waals surface area contributed by atoms with E-state index < -0.39 is 0 Å². The first-order valence-corrected chi connectivity index (χ1v) is 6.30. The first kappa shape index (κ1) is 11.7. The summed E-state index contributed by atoms with van der Waals surface area (Å²) in [6.07, 6.45) is 1.68. The topological polar surface area (TPSA) is 31.4 Å². The lowest BCUT2D eigenvalue weighted by molar-refractivity contribution is 0.413. The quantitative estimate of drug-likeness (QED) is 0.842. The van der Waals surface area contributed by atoms with Crippen LogP contribution in [0.15, 0.2) is 28.2 Å². The Balaban J connectivity index is 2.21. The van der Waals surface area contributed by atoms with Crippen molar-refractivity contribution >= 4 is 38.9 Å². The number of benzene rings is 1. The molecule has 1 heterocycles. The molecule has 3 nitrogen and oxygen atoms in total. The maximum Gasteiger partial charge on any atom is 0.279 e. The smallest absolute Gasteiger partial charge is 0.279 e. The largest absolute Gasteiger partial charge is 0.497 e. The Bertz CT molecular complexity index is 503. The van der Waals surface area contributed by atoms with Crippen molar-refractivity contribution in [1.82, 2.24) is 4.98 Å². The van der Waals surface area contributed by atoms with Crippen molar-refractivity contribution in [2.45, 2.75) is 0 Å². The molecule has 2 aromatic rings. The summed E-state index contributed by atoms with van der Waals surface area (Å²) in [5.41, 5.74) is 0. The average Bonchev–Trinajstić information content (AvgIpc) is 2.67. The van der Waals surface area contributed by atoms with Gasteiger partial charge < -0.3 is 9.47 Å². The third-order valence-corrected chi connectivity index (χ3v) is 3.44. The molecule has 16 heavy (non-hydrogen) atoms. The Hall–Kier alpha value is -0.780. The number of aromatic nitrogens is 1. The van der Waals surface area contributed by atoms with Crippen LogP contribution in [0.1, 0.15) is 0 Å². The van der Waals surface area contributed by atoms with Crippen molar-refractivity contribution in [2.75, 3.05) is 7.11 Å². The van der Waals surface area contributed by atoms with Gasteiger partial charge in [0.25, 0.3) is 5.19 Å². The van der Waals surface area contributed by atoms with E-state index in [-0.39, 0.29) is 0 Å². The molecule has 0 amide bonds. The van der Waals surface area contributed by atoms with Gasteiger partial charge in [0.15, 0.2) is 0 Å². The number of ether oxygens (including phenoxy) is 2. The first-order valence-electron chi connectivity index (χ1n) is 4.32. The molecule has 84 valence electrons. The molecular formula is C10H7BrClNO2S. The predicted octanol–water partition coefficient (Wildman–Crippen LogP) is 4.36. The molecule has 0 saturated heterocycles. The average molecular weight is 321 g/mol. The number of halogens is 2. The highest BCUT2D eigenvalue weighted by atomic mass is 79.9. The lowest BCUT2D eigenvalue weighted by Crippen LogP contribution is -1.86. The summed E-state index contributed by atoms with van der Waals surface area (Å²) < 4.78 is 11.5. The predicted molar refractivity (Wildman–Crippen MR) is 67.9 cm³/mol. The van der Waals surface area contributed by atoms with Crippen LogP contribution in [0, 0.1) is 0 Å². The van der Waals surface area contributed by atoms with E-state index in [0.717, 1.165) is 3.79 Å². The van der Waals surface area contributed by atoms with Crippen LogP contribution in [0.5, 0.6) is 16.7 Å². The highest BCUT2D eigenvalue weighted by molar-refractivity contribution is 9.11. The minimum absolute atomic E-state index is 0.491. The van der Waals surface area contributed by atoms with Gasteiger partial charge >= 0.3 is 0 Å². The second-order valence-electron chi connectivity index (χ2n) is 2.83. The second kappa shape index (κ2) is 5.03. The maximum absolute atomic E-state index is 6.02. The summed E-state index contributed by atoms with van der Waals surface area (Å²) in [5, 5.41) is 1.03. The van der Waals surface area contributed by atoms with Crippen LogP contribution >= 0.6 is 38.9 Å². The van der Waals surface area contributed by atoms with Gasteiger partial charge in [-0.05, 0) is 28.1 Å². The van der Waals surface area contributed by atoms with Crippen LogP contribution in [-0.2, 0) is 0 Å². The van der Waals surface area contributed by atoms with Crippen LogP contribution < -0.4 is 9.47 Å². The molecule has 0 saturated carbocycles. The Morgan fingerprint density at radius 2 is 2.25 bits per heavy atom. The van der Waals surface area contributed by atoms with Crippen molar-refractivity contribution in [3.8, 4) is 16.7 Å².